The average Bonchev–Trinajstić information content (AvgIpc) is 2.68. The van der Waals surface area contributed by atoms with Crippen molar-refractivity contribution in [2.45, 2.75) is 19.8 Å². The summed E-state index contributed by atoms with van der Waals surface area (Å²) in [5.74, 6) is -0.317. The molecule has 0 amide bonds. The number of aryl methyl sites for hydroxylation is 1. The lowest BCUT2D eigenvalue weighted by Gasteiger charge is -2.14. The predicted octanol–water partition coefficient (Wildman–Crippen LogP) is 0.275. The molecule has 1 aromatic rings. The van der Waals surface area contributed by atoms with E-state index in [2.05, 4.69) is 4.74 Å². The Hall–Kier alpha value is -1.89. The van der Waals surface area contributed by atoms with Crippen LogP contribution in [0.2, 0.25) is 0 Å². The highest BCUT2D eigenvalue weighted by atomic mass is 16.5. The minimum Gasteiger partial charge on any atom is -0.469 e. The molecule has 0 aliphatic carbocycles. The molecule has 0 fully saturated rings. The summed E-state index contributed by atoms with van der Waals surface area (Å²) >= 11 is 0. The van der Waals surface area contributed by atoms with Gasteiger partial charge in [-0.3, -0.25) is 19.3 Å². The molecule has 19 heavy (non-hydrogen) atoms. The quantitative estimate of drug-likeness (QED) is 0.690. The van der Waals surface area contributed by atoms with Crippen LogP contribution in [0.15, 0.2) is 15.4 Å². The maximum atomic E-state index is 11.8. The standard InChI is InChI=1S/C12H18N2O5/c1-9-7-10(15)14(19-9)11(16)8-13(2)6-4-5-12(17)18-3/h7H,4-6,8H2,1-3H3. The molecule has 0 atom stereocenters. The molecule has 7 nitrogen and oxygen atoms in total. The van der Waals surface area contributed by atoms with Gasteiger partial charge < -0.3 is 9.26 Å². The van der Waals surface area contributed by atoms with Crippen molar-refractivity contribution >= 4 is 11.9 Å². The van der Waals surface area contributed by atoms with Crippen molar-refractivity contribution < 1.29 is 18.8 Å². The second kappa shape index (κ2) is 6.89. The predicted molar refractivity (Wildman–Crippen MR) is 67.1 cm³/mol. The minimum absolute atomic E-state index is 0.0496. The average molecular weight is 270 g/mol. The van der Waals surface area contributed by atoms with Crippen molar-refractivity contribution in [2.75, 3.05) is 27.2 Å². The molecule has 0 aromatic carbocycles. The Morgan fingerprint density at radius 3 is 2.68 bits per heavy atom. The zero-order chi connectivity index (χ0) is 14.4. The summed E-state index contributed by atoms with van der Waals surface area (Å²) in [4.78, 5) is 35.8. The summed E-state index contributed by atoms with van der Waals surface area (Å²) in [7, 11) is 3.07. The van der Waals surface area contributed by atoms with Crippen LogP contribution in [0.1, 0.15) is 23.4 Å². The summed E-state index contributed by atoms with van der Waals surface area (Å²) in [5, 5.41) is 0. The number of aromatic nitrogens is 1. The Morgan fingerprint density at radius 1 is 1.47 bits per heavy atom. The van der Waals surface area contributed by atoms with Crippen molar-refractivity contribution in [2.24, 2.45) is 0 Å². The monoisotopic (exact) mass is 270 g/mol. The van der Waals surface area contributed by atoms with Gasteiger partial charge in [-0.05, 0) is 26.9 Å². The number of hydrogen-bond donors (Lipinski definition) is 0. The molecule has 0 spiro atoms. The number of ether oxygens (including phenoxy) is 1. The molecule has 0 bridgehead atoms. The number of rotatable bonds is 6. The molecule has 7 heteroatoms. The van der Waals surface area contributed by atoms with Gasteiger partial charge in [0.05, 0.1) is 13.7 Å². The molecule has 0 saturated heterocycles. The van der Waals surface area contributed by atoms with Gasteiger partial charge in [0.1, 0.15) is 5.76 Å². The van der Waals surface area contributed by atoms with Gasteiger partial charge in [0, 0.05) is 12.5 Å². The van der Waals surface area contributed by atoms with Gasteiger partial charge in [-0.1, -0.05) is 0 Å². The molecular weight excluding hydrogens is 252 g/mol. The first-order valence-corrected chi connectivity index (χ1v) is 5.92. The van der Waals surface area contributed by atoms with E-state index in [1.165, 1.54) is 13.2 Å². The van der Waals surface area contributed by atoms with Crippen LogP contribution in [0.5, 0.6) is 0 Å². The summed E-state index contributed by atoms with van der Waals surface area (Å²) < 4.78 is 10.2. The van der Waals surface area contributed by atoms with Crippen molar-refractivity contribution in [1.29, 1.82) is 0 Å². The van der Waals surface area contributed by atoms with E-state index in [-0.39, 0.29) is 12.5 Å². The van der Waals surface area contributed by atoms with E-state index in [0.29, 0.717) is 25.1 Å². The van der Waals surface area contributed by atoms with Crippen LogP contribution in [0.4, 0.5) is 0 Å². The molecule has 0 unspecified atom stereocenters. The number of carbonyl (C=O) groups is 2. The first kappa shape index (κ1) is 15.2. The van der Waals surface area contributed by atoms with Crippen LogP contribution in [-0.2, 0) is 9.53 Å². The number of hydrogen-bond acceptors (Lipinski definition) is 6. The van der Waals surface area contributed by atoms with Crippen LogP contribution < -0.4 is 5.56 Å². The molecule has 1 aromatic heterocycles. The second-order valence-electron chi connectivity index (χ2n) is 4.29. The highest BCUT2D eigenvalue weighted by Crippen LogP contribution is 1.97. The second-order valence-corrected chi connectivity index (χ2v) is 4.29. The number of methoxy groups -OCH3 is 1. The highest BCUT2D eigenvalue weighted by molar-refractivity contribution is 5.79. The Balaban J connectivity index is 2.42. The molecule has 0 aliphatic heterocycles. The Morgan fingerprint density at radius 2 is 2.16 bits per heavy atom. The lowest BCUT2D eigenvalue weighted by atomic mass is 10.3. The van der Waals surface area contributed by atoms with E-state index in [1.54, 1.807) is 18.9 Å². The smallest absolute Gasteiger partial charge is 0.305 e. The molecule has 0 radical (unpaired) electrons. The summed E-state index contributed by atoms with van der Waals surface area (Å²) in [6, 6.07) is 1.26. The van der Waals surface area contributed by atoms with E-state index in [0.717, 1.165) is 4.74 Å². The molecule has 0 saturated carbocycles. The van der Waals surface area contributed by atoms with Crippen LogP contribution >= 0.6 is 0 Å². The number of esters is 1. The SMILES string of the molecule is COC(=O)CCCN(C)CC(=O)n1oc(C)cc1=O. The lowest BCUT2D eigenvalue weighted by molar-refractivity contribution is -0.140. The van der Waals surface area contributed by atoms with Crippen LogP contribution in [0.25, 0.3) is 0 Å². The maximum absolute atomic E-state index is 11.8. The van der Waals surface area contributed by atoms with Crippen molar-refractivity contribution in [3.63, 3.8) is 0 Å². The van der Waals surface area contributed by atoms with Crippen molar-refractivity contribution in [3.05, 3.63) is 22.2 Å². The summed E-state index contributed by atoms with van der Waals surface area (Å²) in [6.45, 7) is 2.20. The minimum atomic E-state index is -0.467. The van der Waals surface area contributed by atoms with E-state index in [1.807, 2.05) is 0 Å². The third-order valence-electron chi connectivity index (χ3n) is 2.54. The van der Waals surface area contributed by atoms with Gasteiger partial charge in [-0.15, -0.1) is 4.74 Å². The van der Waals surface area contributed by atoms with Gasteiger partial charge in [-0.2, -0.15) is 0 Å². The molecule has 1 rings (SSSR count). The van der Waals surface area contributed by atoms with E-state index < -0.39 is 11.5 Å². The summed E-state index contributed by atoms with van der Waals surface area (Å²) in [6.07, 6.45) is 0.886. The van der Waals surface area contributed by atoms with Crippen molar-refractivity contribution in [3.8, 4) is 0 Å². The van der Waals surface area contributed by atoms with Crippen LogP contribution in [0.3, 0.4) is 0 Å². The lowest BCUT2D eigenvalue weighted by Crippen LogP contribution is -2.33. The van der Waals surface area contributed by atoms with E-state index >= 15 is 0 Å². The highest BCUT2D eigenvalue weighted by Gasteiger charge is 2.14. The molecule has 1 heterocycles. The van der Waals surface area contributed by atoms with Crippen LogP contribution in [0, 0.1) is 6.92 Å². The fraction of sp³-hybridized carbons (Fsp3) is 0.583. The number of carbonyl (C=O) groups excluding carboxylic acids is 2. The third kappa shape index (κ3) is 4.70. The fourth-order valence-corrected chi connectivity index (χ4v) is 1.59. The maximum Gasteiger partial charge on any atom is 0.305 e. The molecular formula is C12H18N2O5. The van der Waals surface area contributed by atoms with Crippen molar-refractivity contribution in [1.82, 2.24) is 9.64 Å². The van der Waals surface area contributed by atoms with E-state index in [4.69, 9.17) is 4.52 Å². The Bertz CT molecular complexity index is 502. The number of nitrogens with zero attached hydrogens (tertiary/aromatic N) is 2. The zero-order valence-electron chi connectivity index (χ0n) is 11.3. The van der Waals surface area contributed by atoms with Gasteiger partial charge in [0.2, 0.25) is 0 Å². The van der Waals surface area contributed by atoms with Crippen LogP contribution in [-0.4, -0.2) is 48.8 Å². The molecule has 0 N–H and O–H groups in total. The first-order chi connectivity index (χ1) is 8.93. The zero-order valence-corrected chi connectivity index (χ0v) is 11.3. The largest absolute Gasteiger partial charge is 0.469 e. The molecule has 0 aliphatic rings. The normalized spacial score (nSPS) is 10.7. The van der Waals surface area contributed by atoms with Gasteiger partial charge in [0.25, 0.3) is 11.5 Å². The Kier molecular flexibility index (Phi) is 5.50. The van der Waals surface area contributed by atoms with E-state index in [9.17, 15) is 14.4 Å². The fourth-order valence-electron chi connectivity index (χ4n) is 1.59. The summed E-state index contributed by atoms with van der Waals surface area (Å²) in [5.41, 5.74) is -0.467. The van der Waals surface area contributed by atoms with Gasteiger partial charge >= 0.3 is 5.97 Å². The Labute approximate surface area is 110 Å². The van der Waals surface area contributed by atoms with Gasteiger partial charge in [0.15, 0.2) is 0 Å². The third-order valence-corrected chi connectivity index (χ3v) is 2.54. The molecule has 106 valence electrons. The van der Waals surface area contributed by atoms with Gasteiger partial charge in [-0.25, -0.2) is 0 Å². The first-order valence-electron chi connectivity index (χ1n) is 5.92. The topological polar surface area (TPSA) is 81.8 Å². The number of likely N-dealkylation sites (N-methyl/N-ethyl adjacent to an activating group) is 1.